The van der Waals surface area contributed by atoms with Crippen LogP contribution in [0.5, 0.6) is 0 Å². The molecule has 3 rings (SSSR count). The fourth-order valence-electron chi connectivity index (χ4n) is 3.78. The number of allylic oxidation sites excluding steroid dienone is 1. The Kier molecular flexibility index (Phi) is 7.00. The van der Waals surface area contributed by atoms with Gasteiger partial charge in [-0.25, -0.2) is 4.39 Å². The number of hydrogen-bond acceptors (Lipinski definition) is 2. The number of rotatable bonds is 5. The molecule has 0 radical (unpaired) electrons. The molecule has 2 nitrogen and oxygen atoms in total. The Morgan fingerprint density at radius 3 is 2.06 bits per heavy atom. The number of halogens is 7. The SMILES string of the molecule is C=C[C@H]1CCO[C@H](O[C@H](C)c2cc(C(F)(F)F)cc(C(F)(F)F)c2)[C@@H]1c1ccc(F)cc1. The molecule has 0 saturated carbocycles. The molecule has 0 aromatic heterocycles. The second-order valence-corrected chi connectivity index (χ2v) is 7.62. The van der Waals surface area contributed by atoms with Gasteiger partial charge in [0, 0.05) is 5.92 Å². The lowest BCUT2D eigenvalue weighted by atomic mass is 9.82. The van der Waals surface area contributed by atoms with Gasteiger partial charge in [0.1, 0.15) is 5.82 Å². The zero-order valence-electron chi connectivity index (χ0n) is 17.0. The molecular formula is C23H21F7O2. The van der Waals surface area contributed by atoms with Crippen molar-refractivity contribution in [3.63, 3.8) is 0 Å². The molecule has 0 spiro atoms. The van der Waals surface area contributed by atoms with Gasteiger partial charge in [0.2, 0.25) is 0 Å². The third kappa shape index (κ3) is 5.50. The molecule has 174 valence electrons. The van der Waals surface area contributed by atoms with E-state index in [1.165, 1.54) is 31.2 Å². The van der Waals surface area contributed by atoms with Gasteiger partial charge in [-0.1, -0.05) is 18.2 Å². The van der Waals surface area contributed by atoms with Crippen molar-refractivity contribution >= 4 is 0 Å². The first kappa shape index (κ1) is 24.3. The van der Waals surface area contributed by atoms with Crippen LogP contribution in [0.15, 0.2) is 55.1 Å². The van der Waals surface area contributed by atoms with Gasteiger partial charge < -0.3 is 9.47 Å². The highest BCUT2D eigenvalue weighted by molar-refractivity contribution is 5.35. The van der Waals surface area contributed by atoms with Crippen molar-refractivity contribution in [3.05, 3.63) is 83.2 Å². The summed E-state index contributed by atoms with van der Waals surface area (Å²) in [7, 11) is 0. The summed E-state index contributed by atoms with van der Waals surface area (Å²) in [6.45, 7) is 5.42. The van der Waals surface area contributed by atoms with Crippen LogP contribution in [0.4, 0.5) is 30.7 Å². The van der Waals surface area contributed by atoms with Crippen LogP contribution in [0.25, 0.3) is 0 Å². The van der Waals surface area contributed by atoms with E-state index in [2.05, 4.69) is 6.58 Å². The molecule has 0 unspecified atom stereocenters. The highest BCUT2D eigenvalue weighted by atomic mass is 19.4. The summed E-state index contributed by atoms with van der Waals surface area (Å²) in [5.41, 5.74) is -2.45. The Morgan fingerprint density at radius 2 is 1.56 bits per heavy atom. The van der Waals surface area contributed by atoms with Crippen LogP contribution in [0.2, 0.25) is 0 Å². The topological polar surface area (TPSA) is 18.5 Å². The minimum absolute atomic E-state index is 0.0718. The third-order valence-corrected chi connectivity index (χ3v) is 5.46. The van der Waals surface area contributed by atoms with Crippen molar-refractivity contribution in [2.24, 2.45) is 5.92 Å². The molecule has 2 aromatic carbocycles. The Morgan fingerprint density at radius 1 is 1.00 bits per heavy atom. The number of alkyl halides is 6. The van der Waals surface area contributed by atoms with E-state index in [-0.39, 0.29) is 24.2 Å². The van der Waals surface area contributed by atoms with E-state index in [1.54, 1.807) is 6.08 Å². The van der Waals surface area contributed by atoms with E-state index in [4.69, 9.17) is 9.47 Å². The molecule has 1 aliphatic rings. The summed E-state index contributed by atoms with van der Waals surface area (Å²) in [5, 5.41) is 0. The second kappa shape index (κ2) is 9.23. The Hall–Kier alpha value is -2.39. The average molecular weight is 462 g/mol. The lowest BCUT2D eigenvalue weighted by Gasteiger charge is -2.38. The number of ether oxygens (including phenoxy) is 2. The van der Waals surface area contributed by atoms with E-state index in [1.807, 2.05) is 0 Å². The molecule has 0 N–H and O–H groups in total. The smallest absolute Gasteiger partial charge is 0.352 e. The lowest BCUT2D eigenvalue weighted by molar-refractivity contribution is -0.205. The molecule has 4 atom stereocenters. The maximum Gasteiger partial charge on any atom is 0.416 e. The van der Waals surface area contributed by atoms with Crippen molar-refractivity contribution in [1.82, 2.24) is 0 Å². The van der Waals surface area contributed by atoms with E-state index >= 15 is 0 Å². The molecule has 9 heteroatoms. The van der Waals surface area contributed by atoms with E-state index in [9.17, 15) is 30.7 Å². The van der Waals surface area contributed by atoms with Gasteiger partial charge in [0.15, 0.2) is 6.29 Å². The van der Waals surface area contributed by atoms with Crippen molar-refractivity contribution in [1.29, 1.82) is 0 Å². The van der Waals surface area contributed by atoms with Crippen LogP contribution in [0, 0.1) is 11.7 Å². The van der Waals surface area contributed by atoms with Crippen LogP contribution >= 0.6 is 0 Å². The summed E-state index contributed by atoms with van der Waals surface area (Å²) < 4.78 is 104. The van der Waals surface area contributed by atoms with Crippen LogP contribution in [0.3, 0.4) is 0 Å². The number of benzene rings is 2. The molecule has 32 heavy (non-hydrogen) atoms. The normalized spacial score (nSPS) is 23.1. The summed E-state index contributed by atoms with van der Waals surface area (Å²) in [6.07, 6.45) is -9.76. The van der Waals surface area contributed by atoms with Gasteiger partial charge in [-0.3, -0.25) is 0 Å². The van der Waals surface area contributed by atoms with Crippen molar-refractivity contribution in [2.45, 2.75) is 44.0 Å². The predicted octanol–water partition coefficient (Wildman–Crippen LogP) is 7.27. The van der Waals surface area contributed by atoms with Crippen LogP contribution in [-0.4, -0.2) is 12.9 Å². The molecule has 2 aromatic rings. The van der Waals surface area contributed by atoms with Crippen molar-refractivity contribution in [2.75, 3.05) is 6.61 Å². The standard InChI is InChI=1S/C23H21F7O2/c1-3-14-8-9-31-21(20(14)15-4-6-19(24)7-5-15)32-13(2)16-10-17(22(25,26)27)12-18(11-16)23(28,29)30/h3-7,10-14,20-21H,1,8-9H2,2H3/t13-,14+,20+,21-/m1/s1. The molecule has 1 aliphatic heterocycles. The highest BCUT2D eigenvalue weighted by Crippen LogP contribution is 2.41. The zero-order valence-corrected chi connectivity index (χ0v) is 17.0. The van der Waals surface area contributed by atoms with Gasteiger partial charge in [-0.05, 0) is 60.7 Å². The first-order valence-electron chi connectivity index (χ1n) is 9.84. The molecule has 0 bridgehead atoms. The lowest BCUT2D eigenvalue weighted by Crippen LogP contribution is -2.36. The van der Waals surface area contributed by atoms with Crippen molar-refractivity contribution < 1.29 is 40.2 Å². The summed E-state index contributed by atoms with van der Waals surface area (Å²) in [4.78, 5) is 0. The monoisotopic (exact) mass is 462 g/mol. The fraction of sp³-hybridized carbons (Fsp3) is 0.391. The summed E-state index contributed by atoms with van der Waals surface area (Å²) in [5.74, 6) is -1.05. The minimum Gasteiger partial charge on any atom is -0.352 e. The minimum atomic E-state index is -4.96. The molecular weight excluding hydrogens is 441 g/mol. The molecule has 1 heterocycles. The van der Waals surface area contributed by atoms with Crippen LogP contribution in [-0.2, 0) is 21.8 Å². The highest BCUT2D eigenvalue weighted by Gasteiger charge is 2.39. The average Bonchev–Trinajstić information content (AvgIpc) is 2.72. The summed E-state index contributed by atoms with van der Waals surface area (Å²) in [6, 6.07) is 6.94. The van der Waals surface area contributed by atoms with Crippen LogP contribution in [0.1, 0.15) is 47.6 Å². The maximum absolute atomic E-state index is 13.4. The number of hydrogen-bond donors (Lipinski definition) is 0. The van der Waals surface area contributed by atoms with E-state index in [0.717, 1.165) is 0 Å². The third-order valence-electron chi connectivity index (χ3n) is 5.46. The molecule has 0 amide bonds. The molecule has 1 fully saturated rings. The Bertz CT molecular complexity index is 903. The van der Waals surface area contributed by atoms with Gasteiger partial charge in [0.05, 0.1) is 23.8 Å². The van der Waals surface area contributed by atoms with Crippen LogP contribution < -0.4 is 0 Å². The van der Waals surface area contributed by atoms with Gasteiger partial charge in [-0.2, -0.15) is 26.3 Å². The predicted molar refractivity (Wildman–Crippen MR) is 103 cm³/mol. The van der Waals surface area contributed by atoms with Gasteiger partial charge in [0.25, 0.3) is 0 Å². The maximum atomic E-state index is 13.4. The molecule has 1 saturated heterocycles. The first-order chi connectivity index (χ1) is 14.9. The second-order valence-electron chi connectivity index (χ2n) is 7.62. The van der Waals surface area contributed by atoms with E-state index in [0.29, 0.717) is 24.1 Å². The largest absolute Gasteiger partial charge is 0.416 e. The van der Waals surface area contributed by atoms with Gasteiger partial charge in [-0.15, -0.1) is 6.58 Å². The summed E-state index contributed by atoms with van der Waals surface area (Å²) >= 11 is 0. The molecule has 0 aliphatic carbocycles. The fourth-order valence-corrected chi connectivity index (χ4v) is 3.78. The first-order valence-corrected chi connectivity index (χ1v) is 9.84. The Labute approximate surface area is 180 Å². The van der Waals surface area contributed by atoms with Gasteiger partial charge >= 0.3 is 12.4 Å². The van der Waals surface area contributed by atoms with E-state index < -0.39 is 47.6 Å². The quantitative estimate of drug-likeness (QED) is 0.344. The Balaban J connectivity index is 1.94. The zero-order chi connectivity index (χ0) is 23.7. The van der Waals surface area contributed by atoms with Crippen molar-refractivity contribution in [3.8, 4) is 0 Å².